The van der Waals surface area contributed by atoms with E-state index in [4.69, 9.17) is 0 Å². The van der Waals surface area contributed by atoms with Crippen LogP contribution in [-0.4, -0.2) is 26.8 Å². The van der Waals surface area contributed by atoms with Crippen molar-refractivity contribution in [3.05, 3.63) is 22.7 Å². The van der Waals surface area contributed by atoms with Crippen molar-refractivity contribution < 1.29 is 5.11 Å². The molecule has 5 heteroatoms. The van der Waals surface area contributed by atoms with Crippen molar-refractivity contribution in [3.63, 3.8) is 0 Å². The van der Waals surface area contributed by atoms with Crippen molar-refractivity contribution >= 4 is 5.82 Å². The van der Waals surface area contributed by atoms with Crippen LogP contribution >= 0.6 is 0 Å². The summed E-state index contributed by atoms with van der Waals surface area (Å²) >= 11 is 0. The highest BCUT2D eigenvalue weighted by Gasteiger charge is 2.29. The number of anilines is 1. The van der Waals surface area contributed by atoms with Crippen LogP contribution in [0.15, 0.2) is 17.2 Å². The summed E-state index contributed by atoms with van der Waals surface area (Å²) in [7, 11) is 0. The van der Waals surface area contributed by atoms with Crippen LogP contribution in [0.1, 0.15) is 52.9 Å². The molecular weight excluding hydrogens is 254 g/mol. The van der Waals surface area contributed by atoms with E-state index in [-0.39, 0.29) is 11.1 Å². The largest absolute Gasteiger partial charge is 0.388 e. The Labute approximate surface area is 120 Å². The Balaban J connectivity index is 2.12. The molecular formula is C15H25N3O2. The van der Waals surface area contributed by atoms with Gasteiger partial charge < -0.3 is 15.0 Å². The van der Waals surface area contributed by atoms with Crippen LogP contribution < -0.4 is 10.9 Å². The van der Waals surface area contributed by atoms with Crippen molar-refractivity contribution in [2.45, 2.75) is 64.0 Å². The Kier molecular flexibility index (Phi) is 4.18. The molecule has 1 aliphatic carbocycles. The summed E-state index contributed by atoms with van der Waals surface area (Å²) in [5.41, 5.74) is -1.12. The van der Waals surface area contributed by atoms with Gasteiger partial charge in [-0.15, -0.1) is 0 Å². The number of nitrogens with zero attached hydrogens (tertiary/aromatic N) is 2. The Morgan fingerprint density at radius 3 is 2.60 bits per heavy atom. The third-order valence-electron chi connectivity index (χ3n) is 3.93. The van der Waals surface area contributed by atoms with E-state index < -0.39 is 5.60 Å². The van der Waals surface area contributed by atoms with E-state index in [1.165, 1.54) is 6.42 Å². The van der Waals surface area contributed by atoms with Gasteiger partial charge in [-0.2, -0.15) is 0 Å². The molecule has 1 aromatic heterocycles. The molecule has 0 radical (unpaired) electrons. The third kappa shape index (κ3) is 3.39. The average Bonchev–Trinajstić information content (AvgIpc) is 2.37. The van der Waals surface area contributed by atoms with E-state index in [9.17, 15) is 9.90 Å². The molecule has 0 bridgehead atoms. The standard InChI is InChI=1S/C15H25N3O2/c1-14(2,3)18-10-9-16-12(13(18)19)17-11-15(20)7-5-4-6-8-15/h9-10,20H,4-8,11H2,1-3H3,(H,16,17). The Bertz CT molecular complexity index is 511. The molecule has 0 aliphatic heterocycles. The van der Waals surface area contributed by atoms with Gasteiger partial charge in [0.25, 0.3) is 5.56 Å². The fourth-order valence-electron chi connectivity index (χ4n) is 2.70. The number of aliphatic hydroxyl groups is 1. The van der Waals surface area contributed by atoms with Gasteiger partial charge in [0.1, 0.15) is 0 Å². The van der Waals surface area contributed by atoms with Crippen LogP contribution in [0.4, 0.5) is 5.82 Å². The molecule has 0 aromatic carbocycles. The van der Waals surface area contributed by atoms with Gasteiger partial charge in [0.2, 0.25) is 0 Å². The van der Waals surface area contributed by atoms with Crippen LogP contribution in [0, 0.1) is 0 Å². The maximum Gasteiger partial charge on any atom is 0.293 e. The molecule has 0 saturated heterocycles. The molecule has 20 heavy (non-hydrogen) atoms. The number of nitrogens with one attached hydrogen (secondary N) is 1. The molecule has 1 aromatic rings. The summed E-state index contributed by atoms with van der Waals surface area (Å²) in [4.78, 5) is 16.5. The number of hydrogen-bond donors (Lipinski definition) is 2. The second-order valence-corrected chi connectivity index (χ2v) is 6.76. The molecule has 1 heterocycles. The summed E-state index contributed by atoms with van der Waals surface area (Å²) in [5, 5.41) is 13.5. The lowest BCUT2D eigenvalue weighted by Gasteiger charge is -2.32. The fraction of sp³-hybridized carbons (Fsp3) is 0.733. The predicted molar refractivity (Wildman–Crippen MR) is 80.0 cm³/mol. The molecule has 0 amide bonds. The summed E-state index contributed by atoms with van der Waals surface area (Å²) in [6, 6.07) is 0. The highest BCUT2D eigenvalue weighted by molar-refractivity contribution is 5.32. The molecule has 2 N–H and O–H groups in total. The second-order valence-electron chi connectivity index (χ2n) is 6.76. The zero-order chi connectivity index (χ0) is 14.8. The molecule has 112 valence electrons. The minimum absolute atomic E-state index is 0.139. The molecule has 1 aliphatic rings. The highest BCUT2D eigenvalue weighted by Crippen LogP contribution is 2.27. The first-order valence-corrected chi connectivity index (χ1v) is 7.36. The van der Waals surface area contributed by atoms with E-state index in [1.54, 1.807) is 17.0 Å². The van der Waals surface area contributed by atoms with E-state index in [2.05, 4.69) is 10.3 Å². The lowest BCUT2D eigenvalue weighted by atomic mass is 9.85. The normalized spacial score (nSPS) is 18.8. The Hall–Kier alpha value is -1.36. The first-order chi connectivity index (χ1) is 9.32. The molecule has 0 unspecified atom stereocenters. The van der Waals surface area contributed by atoms with E-state index >= 15 is 0 Å². The second kappa shape index (κ2) is 5.56. The molecule has 1 saturated carbocycles. The van der Waals surface area contributed by atoms with E-state index in [0.717, 1.165) is 25.7 Å². The van der Waals surface area contributed by atoms with Gasteiger partial charge in [-0.25, -0.2) is 4.98 Å². The zero-order valence-electron chi connectivity index (χ0n) is 12.6. The third-order valence-corrected chi connectivity index (χ3v) is 3.93. The van der Waals surface area contributed by atoms with Gasteiger partial charge >= 0.3 is 0 Å². The van der Waals surface area contributed by atoms with Gasteiger partial charge in [0.05, 0.1) is 5.60 Å². The highest BCUT2D eigenvalue weighted by atomic mass is 16.3. The minimum Gasteiger partial charge on any atom is -0.388 e. The summed E-state index contributed by atoms with van der Waals surface area (Å²) in [5.74, 6) is 0.321. The molecule has 5 nitrogen and oxygen atoms in total. The number of hydrogen-bond acceptors (Lipinski definition) is 4. The molecule has 0 atom stereocenters. The maximum atomic E-state index is 12.3. The van der Waals surface area contributed by atoms with Crippen molar-refractivity contribution in [3.8, 4) is 0 Å². The maximum absolute atomic E-state index is 12.3. The van der Waals surface area contributed by atoms with Crippen LogP contribution in [0.25, 0.3) is 0 Å². The zero-order valence-corrected chi connectivity index (χ0v) is 12.6. The van der Waals surface area contributed by atoms with E-state index in [1.807, 2.05) is 20.8 Å². The molecule has 1 fully saturated rings. The predicted octanol–water partition coefficient (Wildman–Crippen LogP) is 2.11. The molecule has 0 spiro atoms. The van der Waals surface area contributed by atoms with Gasteiger partial charge in [0, 0.05) is 24.5 Å². The van der Waals surface area contributed by atoms with Gasteiger partial charge in [-0.05, 0) is 33.6 Å². The topological polar surface area (TPSA) is 67.2 Å². The van der Waals surface area contributed by atoms with Gasteiger partial charge in [0.15, 0.2) is 5.82 Å². The first kappa shape index (κ1) is 15.0. The quantitative estimate of drug-likeness (QED) is 0.889. The summed E-state index contributed by atoms with van der Waals surface area (Å²) in [6.45, 7) is 6.33. The lowest BCUT2D eigenvalue weighted by Crippen LogP contribution is -2.41. The molecule has 2 rings (SSSR count). The lowest BCUT2D eigenvalue weighted by molar-refractivity contribution is 0.0166. The first-order valence-electron chi connectivity index (χ1n) is 7.36. The Morgan fingerprint density at radius 2 is 2.00 bits per heavy atom. The van der Waals surface area contributed by atoms with Crippen molar-refractivity contribution in [2.24, 2.45) is 0 Å². The van der Waals surface area contributed by atoms with Crippen LogP contribution in [0.3, 0.4) is 0 Å². The van der Waals surface area contributed by atoms with Gasteiger partial charge in [-0.1, -0.05) is 19.3 Å². The van der Waals surface area contributed by atoms with Crippen molar-refractivity contribution in [1.82, 2.24) is 9.55 Å². The van der Waals surface area contributed by atoms with Crippen molar-refractivity contribution in [1.29, 1.82) is 0 Å². The fourth-order valence-corrected chi connectivity index (χ4v) is 2.70. The summed E-state index contributed by atoms with van der Waals surface area (Å²) < 4.78 is 1.66. The van der Waals surface area contributed by atoms with Gasteiger partial charge in [-0.3, -0.25) is 4.79 Å². The van der Waals surface area contributed by atoms with Crippen LogP contribution in [-0.2, 0) is 5.54 Å². The minimum atomic E-state index is -0.700. The smallest absolute Gasteiger partial charge is 0.293 e. The number of rotatable bonds is 3. The Morgan fingerprint density at radius 1 is 1.35 bits per heavy atom. The van der Waals surface area contributed by atoms with Crippen LogP contribution in [0.5, 0.6) is 0 Å². The monoisotopic (exact) mass is 279 g/mol. The summed E-state index contributed by atoms with van der Waals surface area (Å²) in [6.07, 6.45) is 8.19. The van der Waals surface area contributed by atoms with Crippen molar-refractivity contribution in [2.75, 3.05) is 11.9 Å². The SMILES string of the molecule is CC(C)(C)n1ccnc(NCC2(O)CCCCC2)c1=O. The average molecular weight is 279 g/mol. The number of aromatic nitrogens is 2. The van der Waals surface area contributed by atoms with Crippen LogP contribution in [0.2, 0.25) is 0 Å². The van der Waals surface area contributed by atoms with E-state index in [0.29, 0.717) is 12.4 Å².